The zero-order chi connectivity index (χ0) is 33.1. The number of rotatable bonds is 2. The second-order valence-electron chi connectivity index (χ2n) is 9.54. The van der Waals surface area contributed by atoms with E-state index in [1.165, 1.54) is 48.6 Å². The lowest BCUT2D eigenvalue weighted by Crippen LogP contribution is -2.04. The van der Waals surface area contributed by atoms with Gasteiger partial charge in [0.1, 0.15) is 12.1 Å². The molecule has 0 aliphatic heterocycles. The average Bonchev–Trinajstić information content (AvgIpc) is 3.66. The molecule has 0 N–H and O–H groups in total. The van der Waals surface area contributed by atoms with Gasteiger partial charge in [0.15, 0.2) is 17.1 Å². The third kappa shape index (κ3) is 4.27. The molecule has 0 saturated carbocycles. The Balaban J connectivity index is 1.98. The molecule has 46 heavy (non-hydrogen) atoms. The number of hydrogen-bond acceptors (Lipinski definition) is 6. The minimum atomic E-state index is -0.121. The minimum Gasteiger partial charge on any atom is -0.239 e. The fourth-order valence-corrected chi connectivity index (χ4v) is 5.49. The van der Waals surface area contributed by atoms with Crippen LogP contribution in [-0.2, 0) is 0 Å². The van der Waals surface area contributed by atoms with Crippen molar-refractivity contribution in [2.45, 2.75) is 0 Å². The van der Waals surface area contributed by atoms with Crippen molar-refractivity contribution in [3.63, 3.8) is 0 Å². The first kappa shape index (κ1) is 29.0. The van der Waals surface area contributed by atoms with Crippen molar-refractivity contribution in [3.8, 4) is 36.4 Å². The maximum absolute atomic E-state index is 10.5. The summed E-state index contributed by atoms with van der Waals surface area (Å²) in [6.07, 6.45) is 2.69. The molecule has 0 aromatic heterocycles. The van der Waals surface area contributed by atoms with Gasteiger partial charge < -0.3 is 0 Å². The molecule has 3 aromatic rings. The molecule has 5 rings (SSSR count). The number of allylic oxidation sites excluding steroid dienone is 6. The molecule has 0 heterocycles. The molecule has 2 aliphatic carbocycles. The van der Waals surface area contributed by atoms with E-state index in [4.69, 9.17) is 26.3 Å². The number of nitriles is 6. The third-order valence-corrected chi connectivity index (χ3v) is 7.26. The largest absolute Gasteiger partial charge is 0.239 e. The van der Waals surface area contributed by atoms with Gasteiger partial charge in [-0.3, -0.25) is 0 Å². The van der Waals surface area contributed by atoms with Crippen LogP contribution in [-0.4, -0.2) is 0 Å². The van der Waals surface area contributed by atoms with E-state index in [2.05, 4.69) is 37.6 Å². The van der Waals surface area contributed by atoms with Crippen LogP contribution >= 0.6 is 0 Å². The van der Waals surface area contributed by atoms with E-state index in [1.54, 1.807) is 0 Å². The predicted octanol–water partition coefficient (Wildman–Crippen LogP) is 7.69. The maximum Gasteiger partial charge on any atom is 0.202 e. The van der Waals surface area contributed by atoms with Crippen LogP contribution in [0.3, 0.4) is 0 Å². The summed E-state index contributed by atoms with van der Waals surface area (Å²) in [4.78, 5) is 14.0. The number of nitrogens with zero attached hydrogens (tertiary/aromatic N) is 10. The zero-order valence-electron chi connectivity index (χ0n) is 23.1. The van der Waals surface area contributed by atoms with Gasteiger partial charge in [0.05, 0.1) is 84.0 Å². The van der Waals surface area contributed by atoms with Gasteiger partial charge in [-0.15, -0.1) is 0 Å². The van der Waals surface area contributed by atoms with E-state index in [1.807, 2.05) is 18.2 Å². The van der Waals surface area contributed by atoms with Crippen LogP contribution in [0.15, 0.2) is 48.6 Å². The molecule has 0 unspecified atom stereocenters. The Morgan fingerprint density at radius 3 is 1.61 bits per heavy atom. The van der Waals surface area contributed by atoms with E-state index >= 15 is 0 Å². The van der Waals surface area contributed by atoms with Gasteiger partial charge in [-0.05, 0) is 63.8 Å². The second kappa shape index (κ2) is 11.4. The highest BCUT2D eigenvalue weighted by atomic mass is 14.7. The van der Waals surface area contributed by atoms with Crippen LogP contribution in [0.1, 0.15) is 55.6 Å². The van der Waals surface area contributed by atoms with E-state index < -0.39 is 0 Å². The molecule has 10 nitrogen and oxygen atoms in total. The topological polar surface area (TPSA) is 160 Å². The Kier molecular flexibility index (Phi) is 7.21. The highest BCUT2D eigenvalue weighted by molar-refractivity contribution is 6.18. The SMILES string of the molecule is [C-]#[N+]C1=C/C(=C(/C#N)c2cc([N+]#[C-])cc([N+]#[C-])c2)c2c(C#N)c3c(c(C#N)c21)/C(=C(\[N+]#[C-])c1cc(C#N)cc(C#N)c1)C=C3C#N. The summed E-state index contributed by atoms with van der Waals surface area (Å²) in [5, 5.41) is 60.6. The smallest absolute Gasteiger partial charge is 0.202 e. The summed E-state index contributed by atoms with van der Waals surface area (Å²) < 4.78 is 0. The van der Waals surface area contributed by atoms with Crippen molar-refractivity contribution in [2.75, 3.05) is 0 Å². The first-order valence-electron chi connectivity index (χ1n) is 12.7. The van der Waals surface area contributed by atoms with Gasteiger partial charge >= 0.3 is 0 Å². The van der Waals surface area contributed by atoms with E-state index in [-0.39, 0.29) is 101 Å². The standard InChI is InChI=1S/C36H8N10/c1-43-24-8-21(9-25(11-24)44-2)28(16-40)26-12-31(45-3)35-30(18-42)34-27(10-23(15-39)32(34)29(17-41)33(26)35)36(46-4)22-6-19(13-37)5-20(7-22)14-38/h5-12H/b28-26+,36-27-. The highest BCUT2D eigenvalue weighted by Gasteiger charge is 2.37. The average molecular weight is 581 g/mol. The van der Waals surface area contributed by atoms with Gasteiger partial charge in [-0.25, -0.2) is 19.4 Å². The normalized spacial score (nSPS) is 13.8. The summed E-state index contributed by atoms with van der Waals surface area (Å²) in [6.45, 7) is 30.8. The Labute approximate surface area is 262 Å². The van der Waals surface area contributed by atoms with Crippen LogP contribution in [0.25, 0.3) is 53.1 Å². The lowest BCUT2D eigenvalue weighted by Gasteiger charge is -2.17. The molecular weight excluding hydrogens is 572 g/mol. The molecule has 2 aliphatic rings. The van der Waals surface area contributed by atoms with Gasteiger partial charge in [0.2, 0.25) is 5.70 Å². The lowest BCUT2D eigenvalue weighted by molar-refractivity contribution is 1.38. The van der Waals surface area contributed by atoms with Crippen molar-refractivity contribution in [3.05, 3.63) is 150 Å². The first-order valence-corrected chi connectivity index (χ1v) is 12.7. The van der Waals surface area contributed by atoms with Crippen molar-refractivity contribution in [1.29, 1.82) is 31.6 Å². The van der Waals surface area contributed by atoms with Crippen LogP contribution in [0.5, 0.6) is 0 Å². The molecule has 0 fully saturated rings. The van der Waals surface area contributed by atoms with Crippen molar-refractivity contribution in [2.24, 2.45) is 0 Å². The maximum atomic E-state index is 10.5. The van der Waals surface area contributed by atoms with Gasteiger partial charge in [0, 0.05) is 11.1 Å². The number of fused-ring (bicyclic) bond motifs is 2. The Hall–Kier alpha value is -8.48. The van der Waals surface area contributed by atoms with E-state index in [0.29, 0.717) is 0 Å². The fourth-order valence-electron chi connectivity index (χ4n) is 5.49. The molecule has 0 saturated heterocycles. The second-order valence-corrected chi connectivity index (χ2v) is 9.54. The molecule has 0 spiro atoms. The third-order valence-electron chi connectivity index (χ3n) is 7.26. The van der Waals surface area contributed by atoms with Crippen LogP contribution in [0, 0.1) is 94.3 Å². The van der Waals surface area contributed by atoms with Crippen LogP contribution in [0.2, 0.25) is 0 Å². The number of benzene rings is 3. The zero-order valence-corrected chi connectivity index (χ0v) is 23.1. The Morgan fingerprint density at radius 1 is 0.543 bits per heavy atom. The lowest BCUT2D eigenvalue weighted by atomic mass is 9.83. The molecule has 3 aromatic carbocycles. The Bertz CT molecular complexity index is 2330. The van der Waals surface area contributed by atoms with E-state index in [0.717, 1.165) is 0 Å². The predicted molar refractivity (Wildman–Crippen MR) is 165 cm³/mol. The molecular formula is C36H8N10. The molecule has 10 heteroatoms. The minimum absolute atomic E-state index is 0.0274. The summed E-state index contributed by atoms with van der Waals surface area (Å²) >= 11 is 0. The quantitative estimate of drug-likeness (QED) is 0.223. The highest BCUT2D eigenvalue weighted by Crippen LogP contribution is 2.52. The summed E-state index contributed by atoms with van der Waals surface area (Å²) in [7, 11) is 0. The fraction of sp³-hybridized carbons (Fsp3) is 0. The number of hydrogen-bond donors (Lipinski definition) is 0. The Morgan fingerprint density at radius 2 is 1.13 bits per heavy atom. The first-order chi connectivity index (χ1) is 22.4. The molecule has 0 radical (unpaired) electrons. The van der Waals surface area contributed by atoms with Gasteiger partial charge in [0.25, 0.3) is 0 Å². The van der Waals surface area contributed by atoms with Gasteiger partial charge in [-0.2, -0.15) is 31.6 Å². The van der Waals surface area contributed by atoms with Crippen LogP contribution in [0.4, 0.5) is 11.4 Å². The molecule has 0 atom stereocenters. The molecule has 202 valence electrons. The van der Waals surface area contributed by atoms with Crippen molar-refractivity contribution >= 4 is 45.1 Å². The van der Waals surface area contributed by atoms with Gasteiger partial charge in [-0.1, -0.05) is 18.2 Å². The summed E-state index contributed by atoms with van der Waals surface area (Å²) in [5.74, 6) is 0. The summed E-state index contributed by atoms with van der Waals surface area (Å²) in [6, 6.07) is 20.4. The monoisotopic (exact) mass is 580 g/mol. The van der Waals surface area contributed by atoms with E-state index in [9.17, 15) is 31.6 Å². The van der Waals surface area contributed by atoms with Crippen LogP contribution < -0.4 is 0 Å². The molecule has 0 bridgehead atoms. The molecule has 0 amide bonds. The summed E-state index contributed by atoms with van der Waals surface area (Å²) in [5.41, 5.74) is 0.568. The van der Waals surface area contributed by atoms with Crippen molar-refractivity contribution in [1.82, 2.24) is 0 Å². The van der Waals surface area contributed by atoms with Crippen molar-refractivity contribution < 1.29 is 0 Å².